The molecule has 0 radical (unpaired) electrons. The number of nitrogens with one attached hydrogen (secondary N) is 1. The summed E-state index contributed by atoms with van der Waals surface area (Å²) >= 11 is 5.47. The van der Waals surface area contributed by atoms with Crippen LogP contribution in [0.15, 0.2) is 21.3 Å². The van der Waals surface area contributed by atoms with Gasteiger partial charge in [-0.25, -0.2) is 9.59 Å². The van der Waals surface area contributed by atoms with Crippen LogP contribution in [0.3, 0.4) is 0 Å². The zero-order chi connectivity index (χ0) is 23.1. The number of nitrogens with two attached hydrogens (primary N) is 1. The number of primary amides is 1. The highest BCUT2D eigenvalue weighted by atomic mass is 35.5. The van der Waals surface area contributed by atoms with Gasteiger partial charge in [0, 0.05) is 23.3 Å². The fraction of sp³-hybridized carbons (Fsp3) is 0.500. The van der Waals surface area contributed by atoms with Crippen molar-refractivity contribution in [2.75, 3.05) is 11.4 Å². The van der Waals surface area contributed by atoms with Crippen LogP contribution in [0.5, 0.6) is 11.5 Å². The molecule has 1 fully saturated rings. The highest BCUT2D eigenvalue weighted by Gasteiger charge is 2.51. The van der Waals surface area contributed by atoms with E-state index in [1.54, 1.807) is 13.0 Å². The molecule has 0 aliphatic heterocycles. The van der Waals surface area contributed by atoms with Crippen molar-refractivity contribution in [2.45, 2.75) is 45.5 Å². The Balaban J connectivity index is 2.00. The molecular weight excluding hydrogens is 432 g/mol. The summed E-state index contributed by atoms with van der Waals surface area (Å²) in [5.41, 5.74) is 3.95. The summed E-state index contributed by atoms with van der Waals surface area (Å²) in [5, 5.41) is 31.1. The van der Waals surface area contributed by atoms with Crippen molar-refractivity contribution in [3.63, 3.8) is 0 Å². The predicted molar refractivity (Wildman–Crippen MR) is 112 cm³/mol. The molecule has 4 atom stereocenters. The van der Waals surface area contributed by atoms with Crippen LogP contribution in [0.1, 0.15) is 25.8 Å². The predicted octanol–water partition coefficient (Wildman–Crippen LogP) is 1.98. The number of carbonyl (C=O) groups is 1. The third-order valence-corrected chi connectivity index (χ3v) is 6.10. The van der Waals surface area contributed by atoms with Gasteiger partial charge >= 0.3 is 11.7 Å². The number of rotatable bonds is 5. The molecule has 3 rings (SSSR count). The van der Waals surface area contributed by atoms with E-state index in [0.29, 0.717) is 17.7 Å². The number of aliphatic hydroxyl groups is 2. The zero-order valence-corrected chi connectivity index (χ0v) is 18.0. The van der Waals surface area contributed by atoms with Gasteiger partial charge < -0.3 is 34.9 Å². The largest absolute Gasteiger partial charge is 0.505 e. The third-order valence-electron chi connectivity index (χ3n) is 5.91. The third kappa shape index (κ3) is 4.10. The van der Waals surface area contributed by atoms with E-state index in [0.717, 1.165) is 0 Å². The number of aliphatic hydroxyl groups excluding tert-OH is 2. The number of halogens is 1. The molecule has 0 saturated heterocycles. The average Bonchev–Trinajstić information content (AvgIpc) is 2.68. The van der Waals surface area contributed by atoms with E-state index >= 15 is 0 Å². The summed E-state index contributed by atoms with van der Waals surface area (Å²) in [6.07, 6.45) is -3.89. The fourth-order valence-electron chi connectivity index (χ4n) is 4.17. The topological polar surface area (TPSA) is 164 Å². The van der Waals surface area contributed by atoms with Crippen molar-refractivity contribution >= 4 is 34.5 Å². The Bertz CT molecular complexity index is 1050. The van der Waals surface area contributed by atoms with Gasteiger partial charge in [0.05, 0.1) is 12.0 Å². The number of fused-ring (bicyclic) bond motifs is 1. The van der Waals surface area contributed by atoms with Crippen LogP contribution in [-0.4, -0.2) is 46.3 Å². The van der Waals surface area contributed by atoms with E-state index in [4.69, 9.17) is 31.4 Å². The second-order valence-electron chi connectivity index (χ2n) is 8.30. The summed E-state index contributed by atoms with van der Waals surface area (Å²) in [6.45, 7) is 5.03. The molecule has 1 heterocycles. The van der Waals surface area contributed by atoms with E-state index in [2.05, 4.69) is 4.84 Å². The molecular formula is C20H25ClN2O8. The number of anilines is 1. The molecule has 31 heavy (non-hydrogen) atoms. The van der Waals surface area contributed by atoms with Gasteiger partial charge in [-0.2, -0.15) is 0 Å². The van der Waals surface area contributed by atoms with E-state index in [1.807, 2.05) is 13.8 Å². The highest BCUT2D eigenvalue weighted by Crippen LogP contribution is 2.44. The SMILES string of the molecule is Cc1c(O[C@@H]2CC(C)(C)[C@H](CO)[C@H](OC(N)=O)C2O)ccc2c(O)c(NCl)c(=O)oc12. The highest BCUT2D eigenvalue weighted by molar-refractivity contribution is 6.24. The number of aromatic hydroxyl groups is 1. The number of benzene rings is 1. The van der Waals surface area contributed by atoms with Crippen molar-refractivity contribution in [2.24, 2.45) is 17.1 Å². The molecule has 1 unspecified atom stereocenters. The molecule has 0 bridgehead atoms. The number of ether oxygens (including phenoxy) is 2. The first-order valence-electron chi connectivity index (χ1n) is 9.59. The monoisotopic (exact) mass is 456 g/mol. The Morgan fingerprint density at radius 2 is 2.10 bits per heavy atom. The molecule has 11 heteroatoms. The Hall–Kier alpha value is -2.69. The number of amides is 1. The summed E-state index contributed by atoms with van der Waals surface area (Å²) in [5.74, 6) is -0.624. The number of carbonyl (C=O) groups excluding carboxylic acids is 1. The molecule has 170 valence electrons. The van der Waals surface area contributed by atoms with Crippen molar-refractivity contribution in [3.05, 3.63) is 28.1 Å². The molecule has 10 nitrogen and oxygen atoms in total. The quantitative estimate of drug-likeness (QED) is 0.334. The average molecular weight is 457 g/mol. The van der Waals surface area contributed by atoms with Gasteiger partial charge in [-0.05, 0) is 30.9 Å². The Labute approximate surface area is 182 Å². The summed E-state index contributed by atoms with van der Waals surface area (Å²) < 4.78 is 16.4. The second-order valence-corrected chi connectivity index (χ2v) is 8.49. The minimum absolute atomic E-state index is 0.0957. The Kier molecular flexibility index (Phi) is 6.26. The van der Waals surface area contributed by atoms with Crippen molar-refractivity contribution in [1.82, 2.24) is 0 Å². The van der Waals surface area contributed by atoms with Gasteiger partial charge in [-0.1, -0.05) is 13.8 Å². The van der Waals surface area contributed by atoms with Gasteiger partial charge in [0.1, 0.15) is 29.6 Å². The molecule has 2 aromatic rings. The number of hydrogen-bond donors (Lipinski definition) is 5. The maximum Gasteiger partial charge on any atom is 0.404 e. The van der Waals surface area contributed by atoms with Crippen LogP contribution in [0.25, 0.3) is 11.0 Å². The van der Waals surface area contributed by atoms with Gasteiger partial charge in [0.25, 0.3) is 0 Å². The van der Waals surface area contributed by atoms with Crippen LogP contribution < -0.4 is 20.9 Å². The van der Waals surface area contributed by atoms with Crippen LogP contribution in [0.2, 0.25) is 0 Å². The molecule has 0 spiro atoms. The summed E-state index contributed by atoms with van der Waals surface area (Å²) in [6, 6.07) is 3.04. The van der Waals surface area contributed by atoms with Crippen LogP contribution >= 0.6 is 11.8 Å². The van der Waals surface area contributed by atoms with Crippen LogP contribution in [-0.2, 0) is 4.74 Å². The summed E-state index contributed by atoms with van der Waals surface area (Å²) in [7, 11) is 0. The maximum atomic E-state index is 12.1. The molecule has 1 aliphatic carbocycles. The molecule has 1 saturated carbocycles. The van der Waals surface area contributed by atoms with E-state index in [1.165, 1.54) is 6.07 Å². The summed E-state index contributed by atoms with van der Waals surface area (Å²) in [4.78, 5) is 25.5. The first-order chi connectivity index (χ1) is 14.5. The maximum absolute atomic E-state index is 12.1. The second kappa shape index (κ2) is 8.45. The lowest BCUT2D eigenvalue weighted by Crippen LogP contribution is -2.58. The lowest BCUT2D eigenvalue weighted by Gasteiger charge is -2.48. The van der Waals surface area contributed by atoms with Crippen molar-refractivity contribution in [3.8, 4) is 11.5 Å². The minimum atomic E-state index is -1.27. The van der Waals surface area contributed by atoms with Gasteiger partial charge in [0.2, 0.25) is 0 Å². The normalized spacial score (nSPS) is 25.2. The minimum Gasteiger partial charge on any atom is -0.505 e. The molecule has 1 amide bonds. The van der Waals surface area contributed by atoms with Gasteiger partial charge in [-0.15, -0.1) is 0 Å². The Morgan fingerprint density at radius 3 is 2.68 bits per heavy atom. The molecule has 1 aromatic heterocycles. The van der Waals surface area contributed by atoms with Crippen LogP contribution in [0.4, 0.5) is 10.5 Å². The van der Waals surface area contributed by atoms with E-state index < -0.39 is 41.4 Å². The number of hydrogen-bond acceptors (Lipinski definition) is 9. The first-order valence-corrected chi connectivity index (χ1v) is 9.97. The standard InChI is InChI=1S/C20H25ClN2O8/c1-8-11(5-4-9-14(25)13(23-21)18(27)30-16(8)9)29-12-6-20(2,3)10(7-24)17(15(12)26)31-19(22)28/h4-5,10,12,15,17,23-26H,6-7H2,1-3H3,(H2,22,28)/t10-,12-,15?,17+/m1/s1. The van der Waals surface area contributed by atoms with E-state index in [9.17, 15) is 24.9 Å². The first kappa shape index (κ1) is 23.0. The lowest BCUT2D eigenvalue weighted by molar-refractivity contribution is -0.153. The molecule has 6 N–H and O–H groups in total. The molecule has 1 aliphatic rings. The van der Waals surface area contributed by atoms with Gasteiger partial charge in [0.15, 0.2) is 11.4 Å². The Morgan fingerprint density at radius 1 is 1.42 bits per heavy atom. The number of aryl methyl sites for hydroxylation is 1. The van der Waals surface area contributed by atoms with Crippen LogP contribution in [0, 0.1) is 18.3 Å². The molecule has 1 aromatic carbocycles. The van der Waals surface area contributed by atoms with E-state index in [-0.39, 0.29) is 29.0 Å². The smallest absolute Gasteiger partial charge is 0.404 e. The van der Waals surface area contributed by atoms with Crippen molar-refractivity contribution in [1.29, 1.82) is 0 Å². The fourth-order valence-corrected chi connectivity index (χ4v) is 4.34. The van der Waals surface area contributed by atoms with Gasteiger partial charge in [-0.3, -0.25) is 4.84 Å². The zero-order valence-electron chi connectivity index (χ0n) is 17.2. The lowest BCUT2D eigenvalue weighted by atomic mass is 9.65. The van der Waals surface area contributed by atoms with Crippen molar-refractivity contribution < 1.29 is 34.0 Å².